The van der Waals surface area contributed by atoms with Gasteiger partial charge in [-0.05, 0) is 67.7 Å². The van der Waals surface area contributed by atoms with Gasteiger partial charge in [0.15, 0.2) is 18.2 Å². The van der Waals surface area contributed by atoms with Gasteiger partial charge in [-0.3, -0.25) is 29.3 Å². The molecule has 15 nitrogen and oxygen atoms in total. The molecule has 18 heteroatoms. The number of hydrogen-bond donors (Lipinski definition) is 3. The Morgan fingerprint density at radius 2 is 1.77 bits per heavy atom. The van der Waals surface area contributed by atoms with E-state index < -0.39 is 35.9 Å². The van der Waals surface area contributed by atoms with Crippen LogP contribution in [0.15, 0.2) is 47.4 Å². The number of pyridine rings is 1. The van der Waals surface area contributed by atoms with E-state index in [1.807, 2.05) is 23.9 Å². The zero-order chi connectivity index (χ0) is 43.0. The first kappa shape index (κ1) is 40.2. The molecular weight excluding hydrogens is 804 g/mol. The molecule has 1 aliphatic carbocycles. The van der Waals surface area contributed by atoms with E-state index >= 15 is 13.2 Å². The Balaban J connectivity index is 0.791. The van der Waals surface area contributed by atoms with E-state index in [1.165, 1.54) is 4.57 Å². The van der Waals surface area contributed by atoms with Crippen LogP contribution < -0.4 is 36.0 Å². The summed E-state index contributed by atoms with van der Waals surface area (Å²) in [6, 6.07) is 10.1. The number of nitrogens with zero attached hydrogens (tertiary/aromatic N) is 8. The van der Waals surface area contributed by atoms with E-state index in [0.717, 1.165) is 61.9 Å². The normalized spacial score (nSPS) is 24.4. The predicted molar refractivity (Wildman–Crippen MR) is 229 cm³/mol. The number of halogens is 3. The molecule has 0 bridgehead atoms. The minimum atomic E-state index is -3.16. The summed E-state index contributed by atoms with van der Waals surface area (Å²) in [6.07, 6.45) is 4.19. The molecular formula is C44H50F3N11O4. The number of hydrogen-bond acceptors (Lipinski definition) is 12. The molecule has 7 heterocycles. The van der Waals surface area contributed by atoms with Crippen molar-refractivity contribution in [1.82, 2.24) is 34.5 Å². The Hall–Kier alpha value is -5.91. The average Bonchev–Trinajstić information content (AvgIpc) is 4.06. The number of anilines is 5. The number of piperidine rings is 2. The van der Waals surface area contributed by atoms with Crippen molar-refractivity contribution in [2.45, 2.75) is 56.9 Å². The van der Waals surface area contributed by atoms with Crippen molar-refractivity contribution in [2.75, 3.05) is 72.9 Å². The Bertz CT molecular complexity index is 2660. The minimum absolute atomic E-state index is 0.0153. The number of piperazine rings is 1. The zero-order valence-corrected chi connectivity index (χ0v) is 35.0. The topological polar surface area (TPSA) is 155 Å². The number of amides is 2. The fourth-order valence-electron chi connectivity index (χ4n) is 9.98. The Labute approximate surface area is 355 Å². The van der Waals surface area contributed by atoms with Gasteiger partial charge in [-0.2, -0.15) is 10.1 Å². The van der Waals surface area contributed by atoms with Crippen LogP contribution in [0.1, 0.15) is 50.6 Å². The minimum Gasteiger partial charge on any atom is -0.480 e. The van der Waals surface area contributed by atoms with E-state index in [4.69, 9.17) is 9.84 Å². The number of aryl methyl sites for hydroxylation is 2. The second-order valence-electron chi connectivity index (χ2n) is 17.7. The smallest absolute Gasteiger partial charge is 0.301 e. The van der Waals surface area contributed by atoms with Crippen LogP contribution in [-0.2, 0) is 23.7 Å². The van der Waals surface area contributed by atoms with Gasteiger partial charge in [-0.25, -0.2) is 18.2 Å². The third kappa shape index (κ3) is 7.24. The van der Waals surface area contributed by atoms with Crippen molar-refractivity contribution >= 4 is 62.4 Å². The van der Waals surface area contributed by atoms with E-state index in [-0.39, 0.29) is 35.0 Å². The third-order valence-electron chi connectivity index (χ3n) is 13.6. The highest BCUT2D eigenvalue weighted by Crippen LogP contribution is 2.46. The van der Waals surface area contributed by atoms with Gasteiger partial charge in [0.2, 0.25) is 23.5 Å². The van der Waals surface area contributed by atoms with Gasteiger partial charge in [-0.1, -0.05) is 19.1 Å². The number of fused-ring (bicyclic) bond motifs is 4. The largest absolute Gasteiger partial charge is 0.480 e. The second-order valence-corrected chi connectivity index (χ2v) is 17.7. The van der Waals surface area contributed by atoms with Gasteiger partial charge >= 0.3 is 5.92 Å². The van der Waals surface area contributed by atoms with Crippen LogP contribution in [0.3, 0.4) is 0 Å². The summed E-state index contributed by atoms with van der Waals surface area (Å²) in [5.41, 5.74) is 3.48. The molecule has 3 N–H and O–H groups in total. The molecule has 10 rings (SSSR count). The highest BCUT2D eigenvalue weighted by atomic mass is 19.3. The molecule has 2 aromatic carbocycles. The Morgan fingerprint density at radius 1 is 0.968 bits per heavy atom. The first-order valence-corrected chi connectivity index (χ1v) is 21.6. The van der Waals surface area contributed by atoms with Crippen LogP contribution in [0.4, 0.5) is 42.0 Å². The first-order chi connectivity index (χ1) is 29.8. The maximum atomic E-state index is 15.3. The summed E-state index contributed by atoms with van der Waals surface area (Å²) < 4.78 is 54.4. The van der Waals surface area contributed by atoms with Crippen molar-refractivity contribution in [3.63, 3.8) is 0 Å². The highest BCUT2D eigenvalue weighted by Gasteiger charge is 2.51. The van der Waals surface area contributed by atoms with Crippen LogP contribution in [0, 0.1) is 23.6 Å². The maximum Gasteiger partial charge on any atom is 0.301 e. The van der Waals surface area contributed by atoms with Crippen molar-refractivity contribution in [1.29, 1.82) is 0 Å². The molecule has 0 radical (unpaired) electrons. The van der Waals surface area contributed by atoms with Gasteiger partial charge in [0.05, 0.1) is 46.3 Å². The fraction of sp³-hybridized carbons (Fsp3) is 0.500. The average molecular weight is 854 g/mol. The number of nitrogens with one attached hydrogen (secondary N) is 3. The van der Waals surface area contributed by atoms with Gasteiger partial charge in [0.25, 0.3) is 5.56 Å². The monoisotopic (exact) mass is 853 g/mol. The van der Waals surface area contributed by atoms with Gasteiger partial charge in [0, 0.05) is 82.8 Å². The van der Waals surface area contributed by atoms with E-state index in [9.17, 15) is 14.4 Å². The molecule has 5 aromatic rings. The number of carbonyl (C=O) groups is 2. The van der Waals surface area contributed by atoms with Crippen molar-refractivity contribution < 1.29 is 27.5 Å². The molecule has 3 aromatic heterocycles. The number of para-hydroxylation sites is 1. The van der Waals surface area contributed by atoms with Crippen LogP contribution in [-0.4, -0.2) is 105 Å². The lowest BCUT2D eigenvalue weighted by molar-refractivity contribution is -0.134. The lowest BCUT2D eigenvalue weighted by Crippen LogP contribution is -2.50. The quantitative estimate of drug-likeness (QED) is 0.178. The fourth-order valence-corrected chi connectivity index (χ4v) is 9.98. The number of carbonyl (C=O) groups excluding carboxylic acids is 2. The molecule has 5 aliphatic rings. The second kappa shape index (κ2) is 15.5. The molecule has 1 unspecified atom stereocenters. The third-order valence-corrected chi connectivity index (χ3v) is 13.6. The first-order valence-electron chi connectivity index (χ1n) is 21.6. The number of imide groups is 1. The summed E-state index contributed by atoms with van der Waals surface area (Å²) in [4.78, 5) is 53.8. The maximum absolute atomic E-state index is 15.3. The number of alkyl halides is 2. The van der Waals surface area contributed by atoms with Crippen LogP contribution in [0.5, 0.6) is 5.75 Å². The Kier molecular flexibility index (Phi) is 10.0. The molecule has 4 atom stereocenters. The number of ether oxygens (including phenoxy) is 1. The number of rotatable bonds is 8. The Morgan fingerprint density at radius 3 is 2.53 bits per heavy atom. The summed E-state index contributed by atoms with van der Waals surface area (Å²) in [5, 5.41) is 14.8. The van der Waals surface area contributed by atoms with Crippen molar-refractivity contribution in [2.24, 2.45) is 31.8 Å². The molecule has 0 spiro atoms. The molecule has 62 heavy (non-hydrogen) atoms. The van der Waals surface area contributed by atoms with Gasteiger partial charge < -0.3 is 29.7 Å². The lowest BCUT2D eigenvalue weighted by atomic mass is 9.86. The summed E-state index contributed by atoms with van der Waals surface area (Å²) >= 11 is 0. The number of aromatic nitrogens is 5. The SMILES string of the molecule is C[C@H]1CN(c2ncc(F)c(Nc3ccc4c(c3)c3c(c(=O)n4C)OCC(F)(F)[C@H](C4CC4)N3)n2)CC[C@H]1CN1CCN(c2cccc3c(C4CCC(=O)NC4=O)nn(C)c23)CC1. The standard InChI is InChI=1S/C44H50F3N11O4/c1-24-21-58(14-13-26(24)22-56-15-17-57(18-16-56)33-6-4-5-28-35(53-55(3)37(28)33)29-10-12-34(59)50-41(29)60)43-48-20-31(45)40(52-43)49-27-9-11-32-30(19-27)36-38(42(61)54(32)2)62-23-44(46,47)39(51-36)25-7-8-25/h4-6,9,11,19-20,24-26,29,39,51H,7-8,10,12-18,21-23H2,1-3H3,(H,48,49,52)(H,50,59,60)/t24-,26-,29?,39-/m0/s1. The van der Waals surface area contributed by atoms with Crippen LogP contribution in [0.2, 0.25) is 0 Å². The van der Waals surface area contributed by atoms with E-state index in [0.29, 0.717) is 78.8 Å². The van der Waals surface area contributed by atoms with Crippen molar-refractivity contribution in [3.8, 4) is 5.75 Å². The van der Waals surface area contributed by atoms with Crippen molar-refractivity contribution in [3.05, 3.63) is 64.5 Å². The summed E-state index contributed by atoms with van der Waals surface area (Å²) in [5.74, 6) is -3.98. The predicted octanol–water partition coefficient (Wildman–Crippen LogP) is 5.12. The summed E-state index contributed by atoms with van der Waals surface area (Å²) in [7, 11) is 3.48. The van der Waals surface area contributed by atoms with E-state index in [1.54, 1.807) is 25.2 Å². The lowest BCUT2D eigenvalue weighted by Gasteiger charge is -2.42. The highest BCUT2D eigenvalue weighted by molar-refractivity contribution is 6.04. The van der Waals surface area contributed by atoms with Crippen LogP contribution in [0.25, 0.3) is 21.8 Å². The van der Waals surface area contributed by atoms with Crippen LogP contribution >= 0.6 is 0 Å². The molecule has 1 saturated carbocycles. The van der Waals surface area contributed by atoms with E-state index in [2.05, 4.69) is 53.6 Å². The number of benzene rings is 2. The molecule has 4 fully saturated rings. The van der Waals surface area contributed by atoms with Gasteiger partial charge in [0.1, 0.15) is 0 Å². The molecule has 4 aliphatic heterocycles. The molecule has 2 amide bonds. The molecule has 326 valence electrons. The summed E-state index contributed by atoms with van der Waals surface area (Å²) in [6.45, 7) is 7.25. The molecule has 3 saturated heterocycles. The zero-order valence-electron chi connectivity index (χ0n) is 35.0. The van der Waals surface area contributed by atoms with Gasteiger partial charge in [-0.15, -0.1) is 0 Å².